The summed E-state index contributed by atoms with van der Waals surface area (Å²) in [5.74, 6) is 0. The minimum atomic E-state index is 1.04. The van der Waals surface area contributed by atoms with Crippen LogP contribution in [0.2, 0.25) is 0 Å². The number of halogens is 1. The lowest BCUT2D eigenvalue weighted by Gasteiger charge is -2.03. The summed E-state index contributed by atoms with van der Waals surface area (Å²) >= 11 is 3.54. The van der Waals surface area contributed by atoms with E-state index >= 15 is 0 Å². The Morgan fingerprint density at radius 2 is 2.00 bits per heavy atom. The van der Waals surface area contributed by atoms with Crippen LogP contribution >= 0.6 is 15.9 Å². The Hall–Kier alpha value is -1.09. The van der Waals surface area contributed by atoms with E-state index in [1.54, 1.807) is 0 Å². The van der Waals surface area contributed by atoms with Crippen molar-refractivity contribution in [3.63, 3.8) is 0 Å². The Labute approximate surface area is 91.7 Å². The zero-order chi connectivity index (χ0) is 10.1. The minimum Gasteiger partial charge on any atom is -0.268 e. The molecule has 2 aromatic rings. The van der Waals surface area contributed by atoms with Crippen LogP contribution in [0.4, 0.5) is 0 Å². The van der Waals surface area contributed by atoms with E-state index in [2.05, 4.69) is 33.2 Å². The number of aromatic nitrogens is 2. The third kappa shape index (κ3) is 1.60. The summed E-state index contributed by atoms with van der Waals surface area (Å²) in [6.45, 7) is 2.00. The first-order valence-electron chi connectivity index (χ1n) is 4.44. The topological polar surface area (TPSA) is 17.8 Å². The quantitative estimate of drug-likeness (QED) is 0.761. The van der Waals surface area contributed by atoms with Crippen LogP contribution in [0, 0.1) is 6.92 Å². The highest BCUT2D eigenvalue weighted by Gasteiger charge is 2.07. The molecule has 0 atom stereocenters. The highest BCUT2D eigenvalue weighted by atomic mass is 79.9. The molecule has 0 aliphatic carbocycles. The maximum absolute atomic E-state index is 4.32. The number of nitrogens with zero attached hydrogens (tertiary/aromatic N) is 2. The van der Waals surface area contributed by atoms with Gasteiger partial charge in [0.05, 0.1) is 11.4 Å². The van der Waals surface area contributed by atoms with Crippen LogP contribution in [-0.2, 0) is 7.05 Å². The van der Waals surface area contributed by atoms with Crippen molar-refractivity contribution in [3.05, 3.63) is 40.5 Å². The molecule has 0 aliphatic heterocycles. The van der Waals surface area contributed by atoms with Gasteiger partial charge in [0.2, 0.25) is 0 Å². The zero-order valence-electron chi connectivity index (χ0n) is 8.16. The summed E-state index contributed by atoms with van der Waals surface area (Å²) in [5.41, 5.74) is 3.35. The number of benzene rings is 1. The van der Waals surface area contributed by atoms with Gasteiger partial charge in [-0.15, -0.1) is 0 Å². The normalized spacial score (nSPS) is 10.5. The van der Waals surface area contributed by atoms with Crippen molar-refractivity contribution < 1.29 is 0 Å². The number of hydrogen-bond donors (Lipinski definition) is 0. The lowest BCUT2D eigenvalue weighted by Crippen LogP contribution is -1.93. The number of rotatable bonds is 1. The summed E-state index contributed by atoms with van der Waals surface area (Å²) in [6, 6.07) is 10.2. The van der Waals surface area contributed by atoms with Gasteiger partial charge < -0.3 is 0 Å². The van der Waals surface area contributed by atoms with Gasteiger partial charge >= 0.3 is 0 Å². The summed E-state index contributed by atoms with van der Waals surface area (Å²) in [6.07, 6.45) is 0. The molecule has 2 nitrogen and oxygen atoms in total. The van der Waals surface area contributed by atoms with Gasteiger partial charge in [0, 0.05) is 17.1 Å². The van der Waals surface area contributed by atoms with Crippen molar-refractivity contribution in [3.8, 4) is 11.3 Å². The molecular weight excluding hydrogens is 240 g/mol. The molecule has 0 spiro atoms. The van der Waals surface area contributed by atoms with Gasteiger partial charge in [-0.25, -0.2) is 0 Å². The van der Waals surface area contributed by atoms with Crippen molar-refractivity contribution in [1.82, 2.24) is 9.78 Å². The Morgan fingerprint density at radius 1 is 1.29 bits per heavy atom. The second-order valence-corrected chi connectivity index (χ2v) is 4.13. The van der Waals surface area contributed by atoms with Crippen molar-refractivity contribution in [1.29, 1.82) is 0 Å². The van der Waals surface area contributed by atoms with E-state index in [9.17, 15) is 0 Å². The first-order valence-corrected chi connectivity index (χ1v) is 5.23. The van der Waals surface area contributed by atoms with Crippen LogP contribution in [0.1, 0.15) is 5.69 Å². The Morgan fingerprint density at radius 3 is 2.57 bits per heavy atom. The first kappa shape index (κ1) is 9.46. The van der Waals surface area contributed by atoms with E-state index in [1.165, 1.54) is 5.56 Å². The molecule has 1 aromatic heterocycles. The molecule has 1 aromatic carbocycles. The predicted octanol–water partition coefficient (Wildman–Crippen LogP) is 3.16. The third-order valence-electron chi connectivity index (χ3n) is 2.15. The lowest BCUT2D eigenvalue weighted by molar-refractivity contribution is 0.764. The summed E-state index contributed by atoms with van der Waals surface area (Å²) < 4.78 is 3.00. The fourth-order valence-corrected chi connectivity index (χ4v) is 2.02. The van der Waals surface area contributed by atoms with Crippen LogP contribution < -0.4 is 0 Å². The zero-order valence-corrected chi connectivity index (χ0v) is 9.75. The first-order chi connectivity index (χ1) is 6.68. The SMILES string of the molecule is Cc1cc(-c2ccccc2Br)n(C)n1. The molecule has 0 unspecified atom stereocenters. The van der Waals surface area contributed by atoms with Crippen molar-refractivity contribution in [2.45, 2.75) is 6.92 Å². The monoisotopic (exact) mass is 250 g/mol. The van der Waals surface area contributed by atoms with Crippen molar-refractivity contribution >= 4 is 15.9 Å². The third-order valence-corrected chi connectivity index (χ3v) is 2.84. The van der Waals surface area contributed by atoms with E-state index in [-0.39, 0.29) is 0 Å². The molecule has 2 rings (SSSR count). The summed E-state index contributed by atoms with van der Waals surface area (Å²) in [5, 5.41) is 4.32. The molecule has 0 radical (unpaired) electrons. The van der Waals surface area contributed by atoms with E-state index in [0.717, 1.165) is 15.9 Å². The maximum Gasteiger partial charge on any atom is 0.0693 e. The fraction of sp³-hybridized carbons (Fsp3) is 0.182. The van der Waals surface area contributed by atoms with E-state index in [1.807, 2.05) is 36.9 Å². The second-order valence-electron chi connectivity index (χ2n) is 3.27. The number of aryl methyl sites for hydroxylation is 2. The van der Waals surface area contributed by atoms with Crippen LogP contribution in [0.15, 0.2) is 34.8 Å². The molecule has 0 fully saturated rings. The van der Waals surface area contributed by atoms with Crippen LogP contribution in [0.3, 0.4) is 0 Å². The smallest absolute Gasteiger partial charge is 0.0693 e. The van der Waals surface area contributed by atoms with E-state index in [0.29, 0.717) is 0 Å². The van der Waals surface area contributed by atoms with Crippen molar-refractivity contribution in [2.24, 2.45) is 7.05 Å². The molecule has 0 saturated carbocycles. The standard InChI is InChI=1S/C11H11BrN2/c1-8-7-11(14(2)13-8)9-5-3-4-6-10(9)12/h3-7H,1-2H3. The molecule has 0 amide bonds. The van der Waals surface area contributed by atoms with Gasteiger partial charge in [0.15, 0.2) is 0 Å². The Bertz CT molecular complexity index is 460. The van der Waals surface area contributed by atoms with E-state index in [4.69, 9.17) is 0 Å². The van der Waals surface area contributed by atoms with Crippen LogP contribution in [0.25, 0.3) is 11.3 Å². The largest absolute Gasteiger partial charge is 0.268 e. The average Bonchev–Trinajstić information content (AvgIpc) is 2.46. The Balaban J connectivity index is 2.60. The van der Waals surface area contributed by atoms with Gasteiger partial charge in [-0.3, -0.25) is 4.68 Å². The van der Waals surface area contributed by atoms with Gasteiger partial charge in [0.25, 0.3) is 0 Å². The maximum atomic E-state index is 4.32. The molecule has 14 heavy (non-hydrogen) atoms. The molecule has 3 heteroatoms. The van der Waals surface area contributed by atoms with Gasteiger partial charge in [0.1, 0.15) is 0 Å². The van der Waals surface area contributed by atoms with Crippen molar-refractivity contribution in [2.75, 3.05) is 0 Å². The predicted molar refractivity (Wildman–Crippen MR) is 61.1 cm³/mol. The van der Waals surface area contributed by atoms with Gasteiger partial charge in [-0.05, 0) is 19.1 Å². The average molecular weight is 251 g/mol. The van der Waals surface area contributed by atoms with Crippen LogP contribution in [0.5, 0.6) is 0 Å². The lowest BCUT2D eigenvalue weighted by atomic mass is 10.1. The fourth-order valence-electron chi connectivity index (χ4n) is 1.53. The summed E-state index contributed by atoms with van der Waals surface area (Å²) in [7, 11) is 1.96. The molecule has 1 heterocycles. The highest BCUT2D eigenvalue weighted by molar-refractivity contribution is 9.10. The molecule has 0 bridgehead atoms. The highest BCUT2D eigenvalue weighted by Crippen LogP contribution is 2.27. The second kappa shape index (κ2) is 3.58. The van der Waals surface area contributed by atoms with E-state index < -0.39 is 0 Å². The molecule has 0 N–H and O–H groups in total. The molecule has 72 valence electrons. The Kier molecular flexibility index (Phi) is 2.42. The van der Waals surface area contributed by atoms with Gasteiger partial charge in [-0.2, -0.15) is 5.10 Å². The summed E-state index contributed by atoms with van der Waals surface area (Å²) in [4.78, 5) is 0. The minimum absolute atomic E-state index is 1.04. The molecule has 0 aliphatic rings. The number of hydrogen-bond acceptors (Lipinski definition) is 1. The molecule has 0 saturated heterocycles. The van der Waals surface area contributed by atoms with Gasteiger partial charge in [-0.1, -0.05) is 34.1 Å². The van der Waals surface area contributed by atoms with Crippen LogP contribution in [-0.4, -0.2) is 9.78 Å². The molecular formula is C11H11BrN2.